The third-order valence-electron chi connectivity index (χ3n) is 9.15. The smallest absolute Gasteiger partial charge is 0.251 e. The Hall–Kier alpha value is -1.95. The standard InChI is InChI=1S/C27H41N3O3/c1-17(25(32)29-20-7-5-4-6-8-20)21-9-13-27(3)14-10-22(18(2)23(27)24(21)31)30-26(33)19-11-15-28-16-12-19/h11-12,15-18,20-24,31H,4-10,13-14H2,1-3H3,(H,29,32)(H,30,33)/t17-,18+,21?,22-,23+,24-,27-/m0/s1. The molecule has 1 unspecified atom stereocenters. The van der Waals surface area contributed by atoms with Gasteiger partial charge in [0.2, 0.25) is 5.91 Å². The molecule has 0 radical (unpaired) electrons. The third-order valence-corrected chi connectivity index (χ3v) is 9.15. The van der Waals surface area contributed by atoms with Gasteiger partial charge >= 0.3 is 0 Å². The van der Waals surface area contributed by atoms with Crippen molar-refractivity contribution >= 4 is 11.8 Å². The summed E-state index contributed by atoms with van der Waals surface area (Å²) in [6.45, 7) is 6.45. The van der Waals surface area contributed by atoms with Gasteiger partial charge in [0.25, 0.3) is 5.91 Å². The Morgan fingerprint density at radius 3 is 2.42 bits per heavy atom. The Balaban J connectivity index is 1.43. The first-order valence-corrected chi connectivity index (χ1v) is 13.0. The van der Waals surface area contributed by atoms with Gasteiger partial charge in [-0.1, -0.05) is 40.0 Å². The summed E-state index contributed by atoms with van der Waals surface area (Å²) < 4.78 is 0. The number of fused-ring (bicyclic) bond motifs is 1. The Bertz CT molecular complexity index is 825. The van der Waals surface area contributed by atoms with Crippen LogP contribution in [-0.4, -0.2) is 40.1 Å². The zero-order valence-corrected chi connectivity index (χ0v) is 20.4. The maximum Gasteiger partial charge on any atom is 0.251 e. The van der Waals surface area contributed by atoms with Crippen LogP contribution in [0.4, 0.5) is 0 Å². The molecule has 33 heavy (non-hydrogen) atoms. The molecule has 1 aromatic heterocycles. The van der Waals surface area contributed by atoms with Crippen molar-refractivity contribution in [1.29, 1.82) is 0 Å². The van der Waals surface area contributed by atoms with Crippen molar-refractivity contribution in [2.45, 2.75) is 96.7 Å². The first kappa shape index (κ1) is 24.2. The number of nitrogens with zero attached hydrogens (tertiary/aromatic N) is 1. The molecule has 1 heterocycles. The molecular weight excluding hydrogens is 414 g/mol. The maximum absolute atomic E-state index is 13.1. The predicted octanol–water partition coefficient (Wildman–Crippen LogP) is 4.09. The SMILES string of the molecule is C[C@H]1[C@@H]2[C@@H](O)C([C@H](C)C(=O)NC3CCCCC3)CC[C@@]2(C)CC[C@@H]1NC(=O)c1ccncc1. The maximum atomic E-state index is 13.1. The van der Waals surface area contributed by atoms with Crippen LogP contribution in [0.1, 0.15) is 88.9 Å². The number of hydrogen-bond donors (Lipinski definition) is 3. The zero-order chi connectivity index (χ0) is 23.6. The molecule has 6 heteroatoms. The summed E-state index contributed by atoms with van der Waals surface area (Å²) in [7, 11) is 0. The average Bonchev–Trinajstić information content (AvgIpc) is 2.82. The van der Waals surface area contributed by atoms with Crippen LogP contribution in [0.25, 0.3) is 0 Å². The van der Waals surface area contributed by atoms with Crippen molar-refractivity contribution in [3.05, 3.63) is 30.1 Å². The molecule has 0 saturated heterocycles. The topological polar surface area (TPSA) is 91.3 Å². The molecule has 0 bridgehead atoms. The van der Waals surface area contributed by atoms with E-state index in [4.69, 9.17) is 0 Å². The monoisotopic (exact) mass is 455 g/mol. The lowest BCUT2D eigenvalue weighted by Gasteiger charge is -2.56. The number of aliphatic hydroxyl groups excluding tert-OH is 1. The molecule has 4 rings (SSSR count). The molecule has 0 aromatic carbocycles. The van der Waals surface area contributed by atoms with Crippen molar-refractivity contribution in [3.63, 3.8) is 0 Å². The van der Waals surface area contributed by atoms with Gasteiger partial charge in [-0.2, -0.15) is 0 Å². The Labute approximate surface area is 198 Å². The van der Waals surface area contributed by atoms with Gasteiger partial charge in [0.1, 0.15) is 0 Å². The molecule has 0 spiro atoms. The van der Waals surface area contributed by atoms with Crippen LogP contribution >= 0.6 is 0 Å². The quantitative estimate of drug-likeness (QED) is 0.624. The summed E-state index contributed by atoms with van der Waals surface area (Å²) in [4.78, 5) is 29.8. The highest BCUT2D eigenvalue weighted by Crippen LogP contribution is 2.55. The average molecular weight is 456 g/mol. The normalized spacial score (nSPS) is 35.8. The molecule has 182 valence electrons. The minimum Gasteiger partial charge on any atom is -0.392 e. The molecule has 3 aliphatic carbocycles. The largest absolute Gasteiger partial charge is 0.392 e. The summed E-state index contributed by atoms with van der Waals surface area (Å²) in [5.74, 6) is -0.0201. The van der Waals surface area contributed by atoms with E-state index < -0.39 is 6.10 Å². The fourth-order valence-electron chi connectivity index (χ4n) is 7.03. The summed E-state index contributed by atoms with van der Waals surface area (Å²) in [6.07, 6.45) is 12.3. The van der Waals surface area contributed by atoms with Crippen molar-refractivity contribution in [2.24, 2.45) is 29.1 Å². The van der Waals surface area contributed by atoms with Crippen LogP contribution in [0.2, 0.25) is 0 Å². The predicted molar refractivity (Wildman–Crippen MR) is 128 cm³/mol. The van der Waals surface area contributed by atoms with Gasteiger partial charge in [-0.25, -0.2) is 0 Å². The van der Waals surface area contributed by atoms with Crippen molar-refractivity contribution < 1.29 is 14.7 Å². The molecule has 3 fully saturated rings. The first-order valence-electron chi connectivity index (χ1n) is 13.0. The lowest BCUT2D eigenvalue weighted by Crippen LogP contribution is -2.58. The molecule has 2 amide bonds. The van der Waals surface area contributed by atoms with Crippen LogP contribution < -0.4 is 10.6 Å². The lowest BCUT2D eigenvalue weighted by atomic mass is 9.51. The molecule has 3 saturated carbocycles. The van der Waals surface area contributed by atoms with E-state index in [1.54, 1.807) is 24.5 Å². The van der Waals surface area contributed by atoms with E-state index in [1.165, 1.54) is 19.3 Å². The minimum atomic E-state index is -0.536. The second-order valence-electron chi connectivity index (χ2n) is 11.2. The van der Waals surface area contributed by atoms with Crippen molar-refractivity contribution in [1.82, 2.24) is 15.6 Å². The summed E-state index contributed by atoms with van der Waals surface area (Å²) in [6, 6.07) is 3.76. The van der Waals surface area contributed by atoms with Crippen molar-refractivity contribution in [2.75, 3.05) is 0 Å². The highest BCUT2D eigenvalue weighted by atomic mass is 16.3. The zero-order valence-electron chi connectivity index (χ0n) is 20.4. The van der Waals surface area contributed by atoms with Gasteiger partial charge in [0.05, 0.1) is 6.10 Å². The minimum absolute atomic E-state index is 0.0171. The third kappa shape index (κ3) is 5.11. The van der Waals surface area contributed by atoms with Crippen LogP contribution in [-0.2, 0) is 4.79 Å². The summed E-state index contributed by atoms with van der Waals surface area (Å²) in [5, 5.41) is 18.1. The van der Waals surface area contributed by atoms with Crippen LogP contribution in [0.5, 0.6) is 0 Å². The molecule has 7 atom stereocenters. The number of amides is 2. The van der Waals surface area contributed by atoms with Gasteiger partial charge in [0, 0.05) is 36.0 Å². The number of pyridine rings is 1. The van der Waals surface area contributed by atoms with Gasteiger partial charge in [-0.05, 0) is 73.8 Å². The first-order chi connectivity index (χ1) is 15.8. The number of nitrogens with one attached hydrogen (secondary N) is 2. The highest BCUT2D eigenvalue weighted by molar-refractivity contribution is 5.94. The van der Waals surface area contributed by atoms with E-state index in [1.807, 2.05) is 6.92 Å². The van der Waals surface area contributed by atoms with Gasteiger partial charge in [-0.3, -0.25) is 14.6 Å². The van der Waals surface area contributed by atoms with Crippen molar-refractivity contribution in [3.8, 4) is 0 Å². The Morgan fingerprint density at radius 1 is 1.06 bits per heavy atom. The van der Waals surface area contributed by atoms with E-state index >= 15 is 0 Å². The Morgan fingerprint density at radius 2 is 1.73 bits per heavy atom. The molecule has 3 aliphatic rings. The Kier molecular flexibility index (Phi) is 7.42. The molecule has 1 aromatic rings. The molecule has 3 N–H and O–H groups in total. The van der Waals surface area contributed by atoms with Crippen LogP contribution in [0, 0.1) is 29.1 Å². The fourth-order valence-corrected chi connectivity index (χ4v) is 7.03. The van der Waals surface area contributed by atoms with Crippen LogP contribution in [0.3, 0.4) is 0 Å². The number of rotatable bonds is 5. The molecular formula is C27H41N3O3. The summed E-state index contributed by atoms with van der Waals surface area (Å²) in [5.41, 5.74) is 0.660. The second kappa shape index (κ2) is 10.1. The van der Waals surface area contributed by atoms with Gasteiger partial charge in [-0.15, -0.1) is 0 Å². The number of aliphatic hydroxyl groups is 1. The summed E-state index contributed by atoms with van der Waals surface area (Å²) >= 11 is 0. The number of hydrogen-bond acceptors (Lipinski definition) is 4. The molecule has 0 aliphatic heterocycles. The van der Waals surface area contributed by atoms with E-state index in [9.17, 15) is 14.7 Å². The van der Waals surface area contributed by atoms with Gasteiger partial charge in [0.15, 0.2) is 0 Å². The van der Waals surface area contributed by atoms with Crippen LogP contribution in [0.15, 0.2) is 24.5 Å². The lowest BCUT2D eigenvalue weighted by molar-refractivity contribution is -0.142. The number of carbonyl (C=O) groups excluding carboxylic acids is 2. The van der Waals surface area contributed by atoms with Gasteiger partial charge < -0.3 is 15.7 Å². The second-order valence-corrected chi connectivity index (χ2v) is 11.2. The van der Waals surface area contributed by atoms with E-state index in [0.29, 0.717) is 11.6 Å². The fraction of sp³-hybridized carbons (Fsp3) is 0.741. The van der Waals surface area contributed by atoms with E-state index in [2.05, 4.69) is 29.5 Å². The number of carbonyl (C=O) groups is 2. The molecule has 6 nitrogen and oxygen atoms in total. The number of aromatic nitrogens is 1. The van der Waals surface area contributed by atoms with E-state index in [0.717, 1.165) is 38.5 Å². The van der Waals surface area contributed by atoms with E-state index in [-0.39, 0.29) is 46.9 Å². The highest BCUT2D eigenvalue weighted by Gasteiger charge is 2.54.